The molecule has 1 saturated carbocycles. The summed E-state index contributed by atoms with van der Waals surface area (Å²) >= 11 is 37.6. The number of hydrogen-bond donors (Lipinski definition) is 0. The van der Waals surface area contributed by atoms with Crippen LogP contribution in [0.5, 0.6) is 0 Å². The molecular weight excluding hydrogens is 349 g/mol. The Bertz CT molecular complexity index is 505. The molecule has 1 nitrogen and oxygen atoms in total. The van der Waals surface area contributed by atoms with Gasteiger partial charge in [-0.1, -0.05) is 52.5 Å². The van der Waals surface area contributed by atoms with E-state index in [2.05, 4.69) is 0 Å². The molecule has 1 fully saturated rings. The summed E-state index contributed by atoms with van der Waals surface area (Å²) in [5.74, 6) is -1.27. The molecule has 0 heterocycles. The van der Waals surface area contributed by atoms with E-state index in [0.29, 0.717) is 0 Å². The number of carbonyl (C=O) groups is 1. The van der Waals surface area contributed by atoms with Gasteiger partial charge in [-0.15, -0.1) is 23.2 Å². The Kier molecular flexibility index (Phi) is 2.51. The SMILES string of the molecule is O=C1C=C[C@@H]2[C@H]1[C@@]1(Cl)C(Cl)=C(Cl)[C@]2(Cl)C1(Cl)Cl. The second kappa shape index (κ2) is 3.31. The van der Waals surface area contributed by atoms with Crippen LogP contribution in [0, 0.1) is 11.8 Å². The van der Waals surface area contributed by atoms with Crippen LogP contribution in [0.2, 0.25) is 0 Å². The Labute approximate surface area is 128 Å². The molecule has 4 atom stereocenters. The topological polar surface area (TPSA) is 17.1 Å². The highest BCUT2D eigenvalue weighted by Gasteiger charge is 2.83. The molecule has 0 spiro atoms. The van der Waals surface area contributed by atoms with Crippen LogP contribution in [0.25, 0.3) is 0 Å². The number of allylic oxidation sites excluding steroid dienone is 4. The second-order valence-electron chi connectivity index (χ2n) is 4.39. The quantitative estimate of drug-likeness (QED) is 0.597. The van der Waals surface area contributed by atoms with E-state index >= 15 is 0 Å². The Hall–Kier alpha value is 0.890. The van der Waals surface area contributed by atoms with Crippen molar-refractivity contribution in [3.05, 3.63) is 22.2 Å². The molecule has 3 rings (SSSR count). The highest BCUT2D eigenvalue weighted by Crippen LogP contribution is 2.77. The third kappa shape index (κ3) is 1.04. The first-order chi connectivity index (χ1) is 7.70. The predicted octanol–water partition coefficient (Wildman–Crippen LogP) is 4.20. The average molecular weight is 353 g/mol. The van der Waals surface area contributed by atoms with Gasteiger partial charge in [0.1, 0.15) is 9.75 Å². The first kappa shape index (κ1) is 12.9. The minimum atomic E-state index is -1.62. The molecule has 0 radical (unpaired) electrons. The summed E-state index contributed by atoms with van der Waals surface area (Å²) in [7, 11) is 0. The molecule has 0 aliphatic heterocycles. The summed E-state index contributed by atoms with van der Waals surface area (Å²) in [5, 5.41) is 0.195. The van der Waals surface area contributed by atoms with E-state index in [1.807, 2.05) is 0 Å². The second-order valence-corrected chi connectivity index (χ2v) is 7.67. The standard InChI is InChI=1S/C10H4Cl6O/c11-6-7(12)9(14)5-3(1-2-4(5)17)8(6,13)10(9,15)16/h1-3,5H/t3-,5-,8+,9-/m1/s1. The molecule has 2 bridgehead atoms. The van der Waals surface area contributed by atoms with E-state index in [4.69, 9.17) is 69.6 Å². The lowest BCUT2D eigenvalue weighted by Crippen LogP contribution is -2.45. The molecule has 3 aliphatic rings. The Morgan fingerprint density at radius 3 is 2.12 bits per heavy atom. The molecule has 0 unspecified atom stereocenters. The number of hydrogen-bond acceptors (Lipinski definition) is 1. The van der Waals surface area contributed by atoms with Crippen molar-refractivity contribution in [3.63, 3.8) is 0 Å². The van der Waals surface area contributed by atoms with Crippen LogP contribution >= 0.6 is 69.6 Å². The van der Waals surface area contributed by atoms with Gasteiger partial charge in [-0.3, -0.25) is 4.79 Å². The zero-order valence-corrected chi connectivity index (χ0v) is 12.5. The number of ketones is 1. The average Bonchev–Trinajstić information content (AvgIpc) is 2.73. The molecule has 0 aromatic heterocycles. The summed E-state index contributed by atoms with van der Waals surface area (Å²) < 4.78 is -1.62. The maximum absolute atomic E-state index is 11.9. The molecule has 3 aliphatic carbocycles. The number of fused-ring (bicyclic) bond motifs is 5. The van der Waals surface area contributed by atoms with Gasteiger partial charge in [0, 0.05) is 5.92 Å². The summed E-state index contributed by atoms with van der Waals surface area (Å²) in [4.78, 5) is 9.06. The van der Waals surface area contributed by atoms with Gasteiger partial charge in [-0.2, -0.15) is 0 Å². The first-order valence-corrected chi connectivity index (χ1v) is 7.01. The maximum Gasteiger partial charge on any atom is 0.167 e. The smallest absolute Gasteiger partial charge is 0.167 e. The van der Waals surface area contributed by atoms with Gasteiger partial charge >= 0.3 is 0 Å². The first-order valence-electron chi connectivity index (χ1n) is 4.74. The van der Waals surface area contributed by atoms with Crippen LogP contribution in [-0.4, -0.2) is 19.9 Å². The van der Waals surface area contributed by atoms with Crippen molar-refractivity contribution in [2.75, 3.05) is 0 Å². The number of carbonyl (C=O) groups excluding carboxylic acids is 1. The number of rotatable bonds is 0. The van der Waals surface area contributed by atoms with Crippen LogP contribution in [0.3, 0.4) is 0 Å². The van der Waals surface area contributed by atoms with Crippen LogP contribution in [0.1, 0.15) is 0 Å². The lowest BCUT2D eigenvalue weighted by molar-refractivity contribution is -0.118. The fraction of sp³-hybridized carbons (Fsp3) is 0.500. The van der Waals surface area contributed by atoms with Crippen molar-refractivity contribution in [1.82, 2.24) is 0 Å². The molecule has 92 valence electrons. The number of halogens is 6. The Morgan fingerprint density at radius 1 is 1.00 bits per heavy atom. The zero-order chi connectivity index (χ0) is 12.8. The lowest BCUT2D eigenvalue weighted by Gasteiger charge is -2.32. The largest absolute Gasteiger partial charge is 0.294 e. The fourth-order valence-corrected chi connectivity index (χ4v) is 5.90. The third-order valence-electron chi connectivity index (χ3n) is 3.77. The highest BCUT2D eigenvalue weighted by atomic mass is 35.5. The van der Waals surface area contributed by atoms with Crippen molar-refractivity contribution < 1.29 is 4.79 Å². The molecule has 0 N–H and O–H groups in total. The molecule has 17 heavy (non-hydrogen) atoms. The van der Waals surface area contributed by atoms with Crippen molar-refractivity contribution in [3.8, 4) is 0 Å². The van der Waals surface area contributed by atoms with Crippen LogP contribution < -0.4 is 0 Å². The van der Waals surface area contributed by atoms with Gasteiger partial charge in [0.15, 0.2) is 10.1 Å². The maximum atomic E-state index is 11.9. The van der Waals surface area contributed by atoms with E-state index in [1.165, 1.54) is 6.08 Å². The molecule has 7 heteroatoms. The molecule has 0 aromatic carbocycles. The minimum Gasteiger partial charge on any atom is -0.294 e. The summed E-state index contributed by atoms with van der Waals surface area (Å²) in [5.41, 5.74) is 0. The highest BCUT2D eigenvalue weighted by molar-refractivity contribution is 6.66. The summed E-state index contributed by atoms with van der Waals surface area (Å²) in [6.07, 6.45) is 3.07. The molecular formula is C10H4Cl6O. The van der Waals surface area contributed by atoms with Crippen molar-refractivity contribution in [2.45, 2.75) is 14.1 Å². The number of alkyl halides is 4. The van der Waals surface area contributed by atoms with E-state index in [-0.39, 0.29) is 15.8 Å². The van der Waals surface area contributed by atoms with Crippen molar-refractivity contribution in [2.24, 2.45) is 11.8 Å². The van der Waals surface area contributed by atoms with E-state index < -0.39 is 25.9 Å². The predicted molar refractivity (Wildman–Crippen MR) is 71.5 cm³/mol. The fourth-order valence-electron chi connectivity index (χ4n) is 2.94. The van der Waals surface area contributed by atoms with Crippen LogP contribution in [0.4, 0.5) is 0 Å². The molecule has 0 saturated heterocycles. The Balaban J connectivity index is 2.35. The van der Waals surface area contributed by atoms with Gasteiger partial charge in [0.05, 0.1) is 16.0 Å². The van der Waals surface area contributed by atoms with Crippen molar-refractivity contribution in [1.29, 1.82) is 0 Å². The van der Waals surface area contributed by atoms with Gasteiger partial charge in [0.25, 0.3) is 0 Å². The minimum absolute atomic E-state index is 0.0686. The van der Waals surface area contributed by atoms with Gasteiger partial charge in [0.2, 0.25) is 0 Å². The molecule has 0 amide bonds. The third-order valence-corrected chi connectivity index (χ3v) is 8.04. The monoisotopic (exact) mass is 350 g/mol. The molecule has 0 aromatic rings. The van der Waals surface area contributed by atoms with Crippen molar-refractivity contribution >= 4 is 75.4 Å². The normalized spacial score (nSPS) is 50.4. The zero-order valence-electron chi connectivity index (χ0n) is 7.99. The van der Waals surface area contributed by atoms with Gasteiger partial charge in [-0.25, -0.2) is 0 Å². The van der Waals surface area contributed by atoms with Crippen LogP contribution in [0.15, 0.2) is 22.2 Å². The van der Waals surface area contributed by atoms with E-state index in [0.717, 1.165) is 0 Å². The summed E-state index contributed by atoms with van der Waals surface area (Å²) in [6.45, 7) is 0. The van der Waals surface area contributed by atoms with E-state index in [9.17, 15) is 4.79 Å². The van der Waals surface area contributed by atoms with E-state index in [1.54, 1.807) is 6.08 Å². The van der Waals surface area contributed by atoms with Gasteiger partial charge in [-0.05, 0) is 6.08 Å². The van der Waals surface area contributed by atoms with Crippen LogP contribution in [-0.2, 0) is 4.79 Å². The summed E-state index contributed by atoms with van der Waals surface area (Å²) in [6, 6.07) is 0. The Morgan fingerprint density at radius 2 is 1.53 bits per heavy atom. The lowest BCUT2D eigenvalue weighted by atomic mass is 9.84. The van der Waals surface area contributed by atoms with Gasteiger partial charge < -0.3 is 0 Å².